The molecule has 0 saturated carbocycles. The van der Waals surface area contributed by atoms with Gasteiger partial charge < -0.3 is 10.5 Å². The van der Waals surface area contributed by atoms with Crippen molar-refractivity contribution in [1.82, 2.24) is 0 Å². The Kier molecular flexibility index (Phi) is 5.77. The first-order valence-electron chi connectivity index (χ1n) is 5.30. The van der Waals surface area contributed by atoms with Crippen molar-refractivity contribution < 1.29 is 4.74 Å². The quantitative estimate of drug-likeness (QED) is 0.646. The standard InChI is InChI=1S/C13H16ClNO/c1-16-13-8-7-12(14)10-11(13)6-4-2-3-5-9-15/h7-8,10H,2-3,5,9,15H2,1H3. The highest BCUT2D eigenvalue weighted by atomic mass is 35.5. The maximum Gasteiger partial charge on any atom is 0.134 e. The summed E-state index contributed by atoms with van der Waals surface area (Å²) in [6.07, 6.45) is 2.90. The molecule has 16 heavy (non-hydrogen) atoms. The molecule has 0 radical (unpaired) electrons. The summed E-state index contributed by atoms with van der Waals surface area (Å²) in [5.41, 5.74) is 6.24. The zero-order chi connectivity index (χ0) is 11.8. The summed E-state index contributed by atoms with van der Waals surface area (Å²) < 4.78 is 5.20. The van der Waals surface area contributed by atoms with E-state index in [0.29, 0.717) is 5.02 Å². The summed E-state index contributed by atoms with van der Waals surface area (Å²) in [5, 5.41) is 0.673. The van der Waals surface area contributed by atoms with E-state index in [4.69, 9.17) is 22.1 Å². The molecule has 0 saturated heterocycles. The summed E-state index contributed by atoms with van der Waals surface area (Å²) in [6, 6.07) is 5.43. The normalized spacial score (nSPS) is 9.44. The topological polar surface area (TPSA) is 35.2 Å². The third-order valence-corrected chi connectivity index (χ3v) is 2.38. The lowest BCUT2D eigenvalue weighted by molar-refractivity contribution is 0.413. The largest absolute Gasteiger partial charge is 0.495 e. The fourth-order valence-corrected chi connectivity index (χ4v) is 1.47. The Bertz CT molecular complexity index is 393. The minimum absolute atomic E-state index is 0.673. The minimum atomic E-state index is 0.673. The molecule has 86 valence electrons. The van der Waals surface area contributed by atoms with E-state index in [-0.39, 0.29) is 0 Å². The number of methoxy groups -OCH3 is 1. The summed E-state index contributed by atoms with van der Waals surface area (Å²) in [5.74, 6) is 6.92. The van der Waals surface area contributed by atoms with Gasteiger partial charge in [-0.05, 0) is 37.6 Å². The SMILES string of the molecule is COc1ccc(Cl)cc1C#CCCCCN. The second-order valence-electron chi connectivity index (χ2n) is 3.39. The zero-order valence-electron chi connectivity index (χ0n) is 9.42. The van der Waals surface area contributed by atoms with Crippen LogP contribution in [-0.2, 0) is 0 Å². The average molecular weight is 238 g/mol. The molecular formula is C13H16ClNO. The maximum absolute atomic E-state index is 5.90. The van der Waals surface area contributed by atoms with E-state index in [1.807, 2.05) is 12.1 Å². The van der Waals surface area contributed by atoms with Crippen molar-refractivity contribution in [3.05, 3.63) is 28.8 Å². The van der Waals surface area contributed by atoms with Crippen molar-refractivity contribution in [2.45, 2.75) is 19.3 Å². The van der Waals surface area contributed by atoms with Crippen molar-refractivity contribution in [2.24, 2.45) is 5.73 Å². The molecule has 0 aromatic heterocycles. The van der Waals surface area contributed by atoms with Gasteiger partial charge in [-0.2, -0.15) is 0 Å². The monoisotopic (exact) mass is 237 g/mol. The van der Waals surface area contributed by atoms with Crippen molar-refractivity contribution in [2.75, 3.05) is 13.7 Å². The summed E-state index contributed by atoms with van der Waals surface area (Å²) in [6.45, 7) is 0.724. The van der Waals surface area contributed by atoms with Crippen molar-refractivity contribution in [1.29, 1.82) is 0 Å². The first kappa shape index (κ1) is 12.9. The predicted molar refractivity (Wildman–Crippen MR) is 67.8 cm³/mol. The Morgan fingerprint density at radius 3 is 2.88 bits per heavy atom. The van der Waals surface area contributed by atoms with Gasteiger partial charge in [0, 0.05) is 11.4 Å². The van der Waals surface area contributed by atoms with E-state index in [0.717, 1.165) is 37.1 Å². The van der Waals surface area contributed by atoms with Crippen LogP contribution in [0.4, 0.5) is 0 Å². The molecule has 0 spiro atoms. The number of rotatable bonds is 4. The second kappa shape index (κ2) is 7.16. The molecule has 0 aliphatic heterocycles. The van der Waals surface area contributed by atoms with Gasteiger partial charge in [-0.3, -0.25) is 0 Å². The van der Waals surface area contributed by atoms with Crippen molar-refractivity contribution in [3.63, 3.8) is 0 Å². The Balaban J connectivity index is 2.67. The molecule has 0 aliphatic rings. The smallest absolute Gasteiger partial charge is 0.134 e. The van der Waals surface area contributed by atoms with Crippen molar-refractivity contribution in [3.8, 4) is 17.6 Å². The van der Waals surface area contributed by atoms with Gasteiger partial charge in [0.25, 0.3) is 0 Å². The Morgan fingerprint density at radius 2 is 2.19 bits per heavy atom. The van der Waals surface area contributed by atoms with Crippen LogP contribution in [0.5, 0.6) is 5.75 Å². The molecule has 1 aromatic carbocycles. The van der Waals surface area contributed by atoms with E-state index in [1.165, 1.54) is 0 Å². The fourth-order valence-electron chi connectivity index (χ4n) is 1.29. The highest BCUT2D eigenvalue weighted by molar-refractivity contribution is 6.30. The number of benzene rings is 1. The minimum Gasteiger partial charge on any atom is -0.495 e. The Morgan fingerprint density at radius 1 is 1.38 bits per heavy atom. The van der Waals surface area contributed by atoms with Gasteiger partial charge in [0.05, 0.1) is 12.7 Å². The van der Waals surface area contributed by atoms with Crippen LogP contribution >= 0.6 is 11.6 Å². The molecule has 0 atom stereocenters. The molecule has 1 aromatic rings. The van der Waals surface area contributed by atoms with E-state index in [2.05, 4.69) is 11.8 Å². The number of unbranched alkanes of at least 4 members (excludes halogenated alkanes) is 2. The second-order valence-corrected chi connectivity index (χ2v) is 3.83. The van der Waals surface area contributed by atoms with Gasteiger partial charge in [-0.25, -0.2) is 0 Å². The molecule has 0 aliphatic carbocycles. The molecule has 3 heteroatoms. The summed E-state index contributed by atoms with van der Waals surface area (Å²) >= 11 is 5.90. The lowest BCUT2D eigenvalue weighted by atomic mass is 10.2. The fraction of sp³-hybridized carbons (Fsp3) is 0.385. The number of ether oxygens (including phenoxy) is 1. The van der Waals surface area contributed by atoms with Crippen molar-refractivity contribution >= 4 is 11.6 Å². The Labute approximate surface area is 102 Å². The summed E-state index contributed by atoms with van der Waals surface area (Å²) in [4.78, 5) is 0. The molecular weight excluding hydrogens is 222 g/mol. The highest BCUT2D eigenvalue weighted by Gasteiger charge is 1.99. The third kappa shape index (κ3) is 4.14. The van der Waals surface area contributed by atoms with Crippen LogP contribution < -0.4 is 10.5 Å². The van der Waals surface area contributed by atoms with Gasteiger partial charge in [-0.1, -0.05) is 23.4 Å². The van der Waals surface area contributed by atoms with Crippen LogP contribution in [0.3, 0.4) is 0 Å². The lowest BCUT2D eigenvalue weighted by Gasteiger charge is -2.02. The predicted octanol–water partition coefficient (Wildman–Crippen LogP) is 2.83. The van der Waals surface area contributed by atoms with Gasteiger partial charge in [-0.15, -0.1) is 0 Å². The van der Waals surface area contributed by atoms with E-state index < -0.39 is 0 Å². The number of hydrogen-bond acceptors (Lipinski definition) is 2. The zero-order valence-corrected chi connectivity index (χ0v) is 10.2. The van der Waals surface area contributed by atoms with Crippen LogP contribution in [-0.4, -0.2) is 13.7 Å². The molecule has 2 N–H and O–H groups in total. The molecule has 2 nitrogen and oxygen atoms in total. The maximum atomic E-state index is 5.90. The van der Waals surface area contributed by atoms with Crippen LogP contribution in [0, 0.1) is 11.8 Å². The third-order valence-electron chi connectivity index (χ3n) is 2.14. The van der Waals surface area contributed by atoms with Gasteiger partial charge in [0.1, 0.15) is 5.75 Å². The Hall–Kier alpha value is -1.17. The molecule has 0 fully saturated rings. The van der Waals surface area contributed by atoms with Crippen LogP contribution in [0.25, 0.3) is 0 Å². The highest BCUT2D eigenvalue weighted by Crippen LogP contribution is 2.21. The van der Waals surface area contributed by atoms with E-state index >= 15 is 0 Å². The first-order chi connectivity index (χ1) is 7.77. The molecule has 1 rings (SSSR count). The molecule has 0 unspecified atom stereocenters. The average Bonchev–Trinajstić information content (AvgIpc) is 2.29. The first-order valence-corrected chi connectivity index (χ1v) is 5.68. The van der Waals surface area contributed by atoms with Crippen LogP contribution in [0.15, 0.2) is 18.2 Å². The van der Waals surface area contributed by atoms with Gasteiger partial charge in [0.2, 0.25) is 0 Å². The number of halogens is 1. The van der Waals surface area contributed by atoms with Gasteiger partial charge >= 0.3 is 0 Å². The number of hydrogen-bond donors (Lipinski definition) is 1. The van der Waals surface area contributed by atoms with E-state index in [1.54, 1.807) is 13.2 Å². The van der Waals surface area contributed by atoms with E-state index in [9.17, 15) is 0 Å². The molecule has 0 amide bonds. The number of nitrogens with two attached hydrogens (primary N) is 1. The van der Waals surface area contributed by atoms with Crippen LogP contribution in [0.1, 0.15) is 24.8 Å². The van der Waals surface area contributed by atoms with Crippen LogP contribution in [0.2, 0.25) is 5.02 Å². The lowest BCUT2D eigenvalue weighted by Crippen LogP contribution is -1.97. The molecule has 0 heterocycles. The summed E-state index contributed by atoms with van der Waals surface area (Å²) in [7, 11) is 1.63. The molecule has 0 bridgehead atoms. The van der Waals surface area contributed by atoms with Gasteiger partial charge in [0.15, 0.2) is 0 Å².